The minimum absolute atomic E-state index is 0.0785. The van der Waals surface area contributed by atoms with Crippen LogP contribution in [0.4, 0.5) is 5.69 Å². The molecule has 1 fully saturated rings. The molecule has 0 bridgehead atoms. The number of hydrogen-bond donors (Lipinski definition) is 1. The molecule has 1 unspecified atom stereocenters. The number of nitrogens with zero attached hydrogens (tertiary/aromatic N) is 1. The van der Waals surface area contributed by atoms with Gasteiger partial charge >= 0.3 is 0 Å². The highest BCUT2D eigenvalue weighted by Crippen LogP contribution is 2.28. The topological polar surface area (TPSA) is 97.5 Å². The fourth-order valence-corrected chi connectivity index (χ4v) is 7.38. The zero-order valence-electron chi connectivity index (χ0n) is 11.8. The fraction of sp³-hybridized carbons (Fsp3) is 0.500. The highest BCUT2D eigenvalue weighted by Gasteiger charge is 2.39. The summed E-state index contributed by atoms with van der Waals surface area (Å²) >= 11 is 1.45. The third kappa shape index (κ3) is 3.36. The molecule has 1 aromatic carbocycles. The highest BCUT2D eigenvalue weighted by molar-refractivity contribution is 8.01. The Morgan fingerprint density at radius 1 is 1.29 bits per heavy atom. The van der Waals surface area contributed by atoms with Crippen LogP contribution in [0.25, 0.3) is 0 Å². The van der Waals surface area contributed by atoms with Gasteiger partial charge in [-0.15, -0.1) is 0 Å². The van der Waals surface area contributed by atoms with Gasteiger partial charge < -0.3 is 5.73 Å². The minimum Gasteiger partial charge on any atom is -0.399 e. The molecule has 0 radical (unpaired) electrons. The number of hydrogen-bond acceptors (Lipinski definition) is 6. The van der Waals surface area contributed by atoms with Gasteiger partial charge in [0.25, 0.3) is 0 Å². The Bertz CT molecular complexity index is 744. The Morgan fingerprint density at radius 3 is 2.52 bits per heavy atom. The molecule has 1 aliphatic rings. The van der Waals surface area contributed by atoms with E-state index in [1.165, 1.54) is 30.0 Å². The maximum atomic E-state index is 12.7. The third-order valence-electron chi connectivity index (χ3n) is 3.38. The third-order valence-corrected chi connectivity index (χ3v) is 8.06. The minimum atomic E-state index is -3.85. The number of thioether (sulfide) groups is 1. The first-order valence-electron chi connectivity index (χ1n) is 6.28. The molecule has 1 aromatic rings. The second kappa shape index (κ2) is 5.79. The lowest BCUT2D eigenvalue weighted by Gasteiger charge is -2.33. The van der Waals surface area contributed by atoms with Crippen molar-refractivity contribution in [1.29, 1.82) is 0 Å². The standard InChI is InChI=1S/C12H18N2O4S3/c1-9-7-10(3-4-11(9)13)21(17,18)14-5-6-19-8-12(14)20(2,15)16/h3-4,7,12H,5-6,8,13H2,1-2H3. The molecule has 1 heterocycles. The Kier molecular flexibility index (Phi) is 4.57. The molecule has 0 saturated carbocycles. The summed E-state index contributed by atoms with van der Waals surface area (Å²) in [5, 5.41) is -1.01. The summed E-state index contributed by atoms with van der Waals surface area (Å²) in [4.78, 5) is 0.0785. The van der Waals surface area contributed by atoms with Crippen LogP contribution >= 0.6 is 11.8 Å². The first kappa shape index (κ1) is 16.6. The number of nitrogen functional groups attached to an aromatic ring is 1. The summed E-state index contributed by atoms with van der Waals surface area (Å²) in [6.45, 7) is 1.91. The molecular formula is C12H18N2O4S3. The SMILES string of the molecule is Cc1cc(S(=O)(=O)N2CCSCC2S(C)(=O)=O)ccc1N. The average molecular weight is 350 g/mol. The average Bonchev–Trinajstić information content (AvgIpc) is 2.41. The van der Waals surface area contributed by atoms with Gasteiger partial charge in [0.2, 0.25) is 10.0 Å². The summed E-state index contributed by atoms with van der Waals surface area (Å²) in [5.41, 5.74) is 6.85. The van der Waals surface area contributed by atoms with Crippen molar-refractivity contribution in [2.24, 2.45) is 0 Å². The summed E-state index contributed by atoms with van der Waals surface area (Å²) in [7, 11) is -7.33. The van der Waals surface area contributed by atoms with E-state index < -0.39 is 25.2 Å². The highest BCUT2D eigenvalue weighted by atomic mass is 32.2. The number of anilines is 1. The number of nitrogens with two attached hydrogens (primary N) is 1. The zero-order valence-corrected chi connectivity index (χ0v) is 14.3. The van der Waals surface area contributed by atoms with E-state index in [2.05, 4.69) is 0 Å². The van der Waals surface area contributed by atoms with E-state index >= 15 is 0 Å². The maximum Gasteiger partial charge on any atom is 0.244 e. The van der Waals surface area contributed by atoms with Crippen molar-refractivity contribution in [3.05, 3.63) is 23.8 Å². The van der Waals surface area contributed by atoms with Gasteiger partial charge in [-0.2, -0.15) is 16.1 Å². The lowest BCUT2D eigenvalue weighted by molar-refractivity contribution is 0.405. The van der Waals surface area contributed by atoms with Crippen LogP contribution in [0.2, 0.25) is 0 Å². The molecule has 118 valence electrons. The first-order valence-corrected chi connectivity index (χ1v) is 10.8. The molecule has 9 heteroatoms. The smallest absolute Gasteiger partial charge is 0.244 e. The molecule has 21 heavy (non-hydrogen) atoms. The summed E-state index contributed by atoms with van der Waals surface area (Å²) in [6.07, 6.45) is 1.07. The van der Waals surface area contributed by atoms with Crippen LogP contribution in [-0.2, 0) is 19.9 Å². The fourth-order valence-electron chi connectivity index (χ4n) is 2.12. The van der Waals surface area contributed by atoms with Crippen molar-refractivity contribution in [1.82, 2.24) is 4.31 Å². The molecule has 2 N–H and O–H groups in total. The van der Waals surface area contributed by atoms with E-state index in [-0.39, 0.29) is 17.2 Å². The van der Waals surface area contributed by atoms with Crippen LogP contribution < -0.4 is 5.73 Å². The quantitative estimate of drug-likeness (QED) is 0.805. The van der Waals surface area contributed by atoms with Crippen molar-refractivity contribution in [2.45, 2.75) is 17.2 Å². The number of benzene rings is 1. The monoisotopic (exact) mass is 350 g/mol. The van der Waals surface area contributed by atoms with Crippen molar-refractivity contribution in [2.75, 3.05) is 30.0 Å². The molecule has 0 aromatic heterocycles. The Labute approximate surface area is 129 Å². The molecule has 1 saturated heterocycles. The lowest BCUT2D eigenvalue weighted by Crippen LogP contribution is -2.49. The zero-order chi connectivity index (χ0) is 15.8. The van der Waals surface area contributed by atoms with Crippen LogP contribution in [0.3, 0.4) is 0 Å². The molecule has 0 spiro atoms. The number of aryl methyl sites for hydroxylation is 1. The molecule has 1 atom stereocenters. The normalized spacial score (nSPS) is 21.3. The van der Waals surface area contributed by atoms with Crippen molar-refractivity contribution < 1.29 is 16.8 Å². The molecule has 6 nitrogen and oxygen atoms in total. The van der Waals surface area contributed by atoms with Gasteiger partial charge in [0.1, 0.15) is 5.37 Å². The number of rotatable bonds is 3. The second-order valence-corrected chi connectivity index (χ2v) is 10.2. The Morgan fingerprint density at radius 2 is 1.95 bits per heavy atom. The Balaban J connectivity index is 2.48. The van der Waals surface area contributed by atoms with Gasteiger partial charge in [-0.25, -0.2) is 16.8 Å². The first-order chi connectivity index (χ1) is 9.64. The van der Waals surface area contributed by atoms with Crippen molar-refractivity contribution >= 4 is 37.3 Å². The molecule has 0 aliphatic carbocycles. The van der Waals surface area contributed by atoms with E-state index in [9.17, 15) is 16.8 Å². The van der Waals surface area contributed by atoms with Gasteiger partial charge in [0.05, 0.1) is 4.90 Å². The van der Waals surface area contributed by atoms with Crippen LogP contribution in [-0.4, -0.2) is 50.8 Å². The summed E-state index contributed by atoms with van der Waals surface area (Å²) in [5.74, 6) is 0.839. The van der Waals surface area contributed by atoms with Gasteiger partial charge in [-0.05, 0) is 30.7 Å². The predicted molar refractivity (Wildman–Crippen MR) is 85.4 cm³/mol. The maximum absolute atomic E-state index is 12.7. The van der Waals surface area contributed by atoms with Crippen molar-refractivity contribution in [3.63, 3.8) is 0 Å². The van der Waals surface area contributed by atoms with Gasteiger partial charge in [0, 0.05) is 30.0 Å². The Hall–Kier alpha value is -0.770. The van der Waals surface area contributed by atoms with E-state index in [1.54, 1.807) is 6.92 Å². The van der Waals surface area contributed by atoms with E-state index in [0.29, 0.717) is 17.0 Å². The van der Waals surface area contributed by atoms with Crippen LogP contribution in [0, 0.1) is 6.92 Å². The summed E-state index contributed by atoms with van der Waals surface area (Å²) < 4.78 is 50.2. The molecule has 2 rings (SSSR count). The van der Waals surface area contributed by atoms with Gasteiger partial charge in [-0.3, -0.25) is 0 Å². The van der Waals surface area contributed by atoms with Gasteiger partial charge in [-0.1, -0.05) is 0 Å². The number of sulfonamides is 1. The molecule has 1 aliphatic heterocycles. The predicted octanol–water partition coefficient (Wildman–Crippen LogP) is 0.685. The largest absolute Gasteiger partial charge is 0.399 e. The lowest BCUT2D eigenvalue weighted by atomic mass is 10.2. The van der Waals surface area contributed by atoms with Crippen LogP contribution in [0.5, 0.6) is 0 Å². The molecule has 0 amide bonds. The van der Waals surface area contributed by atoms with Crippen molar-refractivity contribution in [3.8, 4) is 0 Å². The van der Waals surface area contributed by atoms with Crippen LogP contribution in [0.1, 0.15) is 5.56 Å². The second-order valence-electron chi connectivity index (χ2n) is 4.99. The van der Waals surface area contributed by atoms with Crippen LogP contribution in [0.15, 0.2) is 23.1 Å². The van der Waals surface area contributed by atoms with E-state index in [4.69, 9.17) is 5.73 Å². The van der Waals surface area contributed by atoms with E-state index in [0.717, 1.165) is 10.6 Å². The number of sulfone groups is 1. The summed E-state index contributed by atoms with van der Waals surface area (Å²) in [6, 6.07) is 4.42. The van der Waals surface area contributed by atoms with Gasteiger partial charge in [0.15, 0.2) is 9.84 Å². The van der Waals surface area contributed by atoms with E-state index in [1.807, 2.05) is 0 Å². The molecular weight excluding hydrogens is 332 g/mol.